The van der Waals surface area contributed by atoms with E-state index in [0.717, 1.165) is 39.8 Å². The maximum absolute atomic E-state index is 5.39. The van der Waals surface area contributed by atoms with E-state index < -0.39 is 0 Å². The zero-order valence-electron chi connectivity index (χ0n) is 24.9. The Morgan fingerprint density at radius 1 is 0.659 bits per heavy atom. The lowest BCUT2D eigenvalue weighted by atomic mass is 10.1. The van der Waals surface area contributed by atoms with Crippen LogP contribution >= 0.6 is 22.7 Å². The number of nitrogens with zero attached hydrogens (tertiary/aromatic N) is 3. The van der Waals surface area contributed by atoms with Gasteiger partial charge in [0.25, 0.3) is 0 Å². The van der Waals surface area contributed by atoms with Crippen LogP contribution in [0.1, 0.15) is 15.3 Å². The molecule has 0 unspecified atom stereocenters. The van der Waals surface area contributed by atoms with E-state index in [0.29, 0.717) is 6.54 Å². The molecule has 44 heavy (non-hydrogen) atoms. The van der Waals surface area contributed by atoms with Gasteiger partial charge in [0.05, 0.1) is 32.7 Å². The fourth-order valence-electron chi connectivity index (χ4n) is 4.91. The number of thiophene rings is 2. The summed E-state index contributed by atoms with van der Waals surface area (Å²) in [5.41, 5.74) is 6.37. The third kappa shape index (κ3) is 6.86. The van der Waals surface area contributed by atoms with Crippen molar-refractivity contribution in [3.8, 4) is 21.9 Å². The maximum Gasteiger partial charge on any atom is 0.119 e. The molecular formula is C37H33N3O2S2. The van der Waals surface area contributed by atoms with Crippen molar-refractivity contribution in [3.05, 3.63) is 142 Å². The minimum absolute atomic E-state index is 0.703. The van der Waals surface area contributed by atoms with Crippen molar-refractivity contribution < 1.29 is 9.47 Å². The Morgan fingerprint density at radius 2 is 1.23 bits per heavy atom. The molecule has 0 saturated carbocycles. The molecule has 0 spiro atoms. The summed E-state index contributed by atoms with van der Waals surface area (Å²) in [5, 5.41) is 9.14. The first-order valence-corrected chi connectivity index (χ1v) is 16.0. The Bertz CT molecular complexity index is 1750. The number of hydrazone groups is 1. The van der Waals surface area contributed by atoms with Gasteiger partial charge in [-0.15, -0.1) is 22.7 Å². The van der Waals surface area contributed by atoms with Crippen LogP contribution in [-0.2, 0) is 6.54 Å². The van der Waals surface area contributed by atoms with Crippen molar-refractivity contribution in [2.45, 2.75) is 13.5 Å². The molecule has 0 atom stereocenters. The van der Waals surface area contributed by atoms with Gasteiger partial charge in [0.15, 0.2) is 0 Å². The highest BCUT2D eigenvalue weighted by atomic mass is 32.1. The molecule has 6 aromatic rings. The van der Waals surface area contributed by atoms with E-state index in [1.165, 1.54) is 20.2 Å². The van der Waals surface area contributed by atoms with E-state index in [4.69, 9.17) is 14.6 Å². The van der Waals surface area contributed by atoms with E-state index in [2.05, 4.69) is 119 Å². The summed E-state index contributed by atoms with van der Waals surface area (Å²) in [5.74, 6) is 1.64. The highest BCUT2D eigenvalue weighted by Crippen LogP contribution is 2.36. The fourth-order valence-corrected chi connectivity index (χ4v) is 6.52. The Balaban J connectivity index is 1.27. The molecule has 0 saturated heterocycles. The van der Waals surface area contributed by atoms with Crippen LogP contribution in [0.25, 0.3) is 10.4 Å². The average Bonchev–Trinajstić information content (AvgIpc) is 3.77. The maximum atomic E-state index is 5.39. The first kappa shape index (κ1) is 29.2. The Morgan fingerprint density at radius 3 is 1.73 bits per heavy atom. The van der Waals surface area contributed by atoms with Crippen molar-refractivity contribution in [1.29, 1.82) is 0 Å². The Labute approximate surface area is 266 Å². The molecule has 6 rings (SSSR count). The molecule has 0 fully saturated rings. The summed E-state index contributed by atoms with van der Waals surface area (Å²) in [7, 11) is 3.36. The molecule has 2 heterocycles. The third-order valence-electron chi connectivity index (χ3n) is 7.23. The topological polar surface area (TPSA) is 37.3 Å². The number of rotatable bonds is 11. The van der Waals surface area contributed by atoms with Crippen LogP contribution in [0.2, 0.25) is 0 Å². The molecular weight excluding hydrogens is 583 g/mol. The summed E-state index contributed by atoms with van der Waals surface area (Å²) in [6, 6.07) is 41.8. The highest BCUT2D eigenvalue weighted by Gasteiger charge is 2.14. The molecule has 7 heteroatoms. The standard InChI is InChI=1S/C37H33N3O2S2/c1-27-6-23-36(44-27)26-39(30-13-9-29(10-14-30)37-5-4-24-43-37)38-25-28-7-11-31(12-8-28)40(32-15-19-34(41-2)20-16-32)33-17-21-35(42-3)22-18-33/h4-25H,26H2,1-3H3. The van der Waals surface area contributed by atoms with Crippen LogP contribution < -0.4 is 19.4 Å². The van der Waals surface area contributed by atoms with Crippen LogP contribution in [-0.4, -0.2) is 20.4 Å². The lowest BCUT2D eigenvalue weighted by molar-refractivity contribution is 0.415. The second-order valence-electron chi connectivity index (χ2n) is 10.2. The van der Waals surface area contributed by atoms with Gasteiger partial charge in [-0.25, -0.2) is 0 Å². The number of ether oxygens (including phenoxy) is 2. The smallest absolute Gasteiger partial charge is 0.119 e. The molecule has 220 valence electrons. The van der Waals surface area contributed by atoms with E-state index in [-0.39, 0.29) is 0 Å². The van der Waals surface area contributed by atoms with Gasteiger partial charge in [-0.2, -0.15) is 5.10 Å². The highest BCUT2D eigenvalue weighted by molar-refractivity contribution is 7.13. The zero-order valence-corrected chi connectivity index (χ0v) is 26.5. The second-order valence-corrected chi connectivity index (χ2v) is 12.5. The number of hydrogen-bond donors (Lipinski definition) is 0. The largest absolute Gasteiger partial charge is 0.497 e. The quantitative estimate of drug-likeness (QED) is 0.107. The average molecular weight is 616 g/mol. The van der Waals surface area contributed by atoms with E-state index in [1.807, 2.05) is 30.5 Å². The third-order valence-corrected chi connectivity index (χ3v) is 9.14. The van der Waals surface area contributed by atoms with Crippen molar-refractivity contribution in [3.63, 3.8) is 0 Å². The number of hydrogen-bond acceptors (Lipinski definition) is 7. The van der Waals surface area contributed by atoms with Crippen LogP contribution in [0.5, 0.6) is 11.5 Å². The molecule has 4 aromatic carbocycles. The van der Waals surface area contributed by atoms with E-state index >= 15 is 0 Å². The van der Waals surface area contributed by atoms with Crippen molar-refractivity contribution in [1.82, 2.24) is 0 Å². The van der Waals surface area contributed by atoms with Gasteiger partial charge in [-0.05, 0) is 114 Å². The Hall–Kier alpha value is -4.85. The lowest BCUT2D eigenvalue weighted by Gasteiger charge is -2.26. The molecule has 0 N–H and O–H groups in total. The predicted octanol–water partition coefficient (Wildman–Crippen LogP) is 10.3. The molecule has 0 bridgehead atoms. The SMILES string of the molecule is COc1ccc(N(c2ccc(C=NN(Cc3ccc(C)s3)c3ccc(-c4cccs4)cc3)cc2)c2ccc(OC)cc2)cc1. The zero-order chi connectivity index (χ0) is 30.3. The van der Waals surface area contributed by atoms with Crippen LogP contribution in [0.4, 0.5) is 22.7 Å². The van der Waals surface area contributed by atoms with Crippen molar-refractivity contribution in [2.24, 2.45) is 5.10 Å². The van der Waals surface area contributed by atoms with Gasteiger partial charge in [0, 0.05) is 31.7 Å². The normalized spacial score (nSPS) is 11.1. The summed E-state index contributed by atoms with van der Waals surface area (Å²) >= 11 is 3.55. The van der Waals surface area contributed by atoms with Gasteiger partial charge in [0.2, 0.25) is 0 Å². The number of aryl methyl sites for hydroxylation is 1. The molecule has 0 radical (unpaired) electrons. The summed E-state index contributed by atoms with van der Waals surface area (Å²) < 4.78 is 10.8. The molecule has 0 amide bonds. The molecule has 0 aliphatic carbocycles. The predicted molar refractivity (Wildman–Crippen MR) is 187 cm³/mol. The molecule has 0 aliphatic rings. The van der Waals surface area contributed by atoms with E-state index in [1.54, 1.807) is 36.9 Å². The van der Waals surface area contributed by atoms with Gasteiger partial charge >= 0.3 is 0 Å². The monoisotopic (exact) mass is 615 g/mol. The van der Waals surface area contributed by atoms with E-state index in [9.17, 15) is 0 Å². The van der Waals surface area contributed by atoms with Crippen LogP contribution in [0, 0.1) is 6.92 Å². The summed E-state index contributed by atoms with van der Waals surface area (Å²) in [6.45, 7) is 2.84. The first-order chi connectivity index (χ1) is 21.6. The van der Waals surface area contributed by atoms with Gasteiger partial charge in [-0.3, -0.25) is 5.01 Å². The van der Waals surface area contributed by atoms with Crippen molar-refractivity contribution >= 4 is 51.6 Å². The number of methoxy groups -OCH3 is 2. The van der Waals surface area contributed by atoms with Crippen LogP contribution in [0.3, 0.4) is 0 Å². The minimum atomic E-state index is 0.703. The Kier molecular flexibility index (Phi) is 9.06. The first-order valence-electron chi connectivity index (χ1n) is 14.3. The lowest BCUT2D eigenvalue weighted by Crippen LogP contribution is -2.15. The molecule has 0 aliphatic heterocycles. The number of benzene rings is 4. The fraction of sp³-hybridized carbons (Fsp3) is 0.108. The van der Waals surface area contributed by atoms with Crippen LogP contribution in [0.15, 0.2) is 132 Å². The minimum Gasteiger partial charge on any atom is -0.497 e. The molecule has 2 aromatic heterocycles. The van der Waals surface area contributed by atoms with Gasteiger partial charge in [0.1, 0.15) is 11.5 Å². The van der Waals surface area contributed by atoms with Gasteiger partial charge < -0.3 is 14.4 Å². The second kappa shape index (κ2) is 13.6. The van der Waals surface area contributed by atoms with Gasteiger partial charge in [-0.1, -0.05) is 30.3 Å². The summed E-state index contributed by atoms with van der Waals surface area (Å²) in [4.78, 5) is 6.04. The molecule has 5 nitrogen and oxygen atoms in total. The number of anilines is 4. The van der Waals surface area contributed by atoms with Crippen molar-refractivity contribution in [2.75, 3.05) is 24.1 Å². The summed E-state index contributed by atoms with van der Waals surface area (Å²) in [6.07, 6.45) is 1.93.